The van der Waals surface area contributed by atoms with Crippen LogP contribution in [-0.4, -0.2) is 30.7 Å². The van der Waals surface area contributed by atoms with E-state index in [1.54, 1.807) is 29.1 Å². The van der Waals surface area contributed by atoms with Gasteiger partial charge in [0.2, 0.25) is 0 Å². The normalized spacial score (nSPS) is 14.4. The largest absolute Gasteiger partial charge is 0.307 e. The van der Waals surface area contributed by atoms with E-state index in [0.29, 0.717) is 24.5 Å². The summed E-state index contributed by atoms with van der Waals surface area (Å²) in [6.07, 6.45) is 3.18. The first-order valence-electron chi connectivity index (χ1n) is 9.97. The molecule has 0 radical (unpaired) electrons. The number of rotatable bonds is 6. The molecule has 156 valence electrons. The van der Waals surface area contributed by atoms with Crippen LogP contribution in [0.1, 0.15) is 42.2 Å². The molecule has 3 aromatic rings. The minimum atomic E-state index is -3.76. The smallest absolute Gasteiger partial charge is 0.264 e. The van der Waals surface area contributed by atoms with Gasteiger partial charge in [-0.2, -0.15) is 5.10 Å². The molecule has 0 saturated heterocycles. The standard InChI is InChI=1S/C22H24N4O3S/c1-3-16(2)26-21(11-13-23-26)24-22(27)18-8-6-9-19(15-18)30(28,29)25-14-12-17-7-4-5-10-20(17)25/h4-11,13,15-16H,3,12,14H2,1-2H3,(H,24,27). The van der Waals surface area contributed by atoms with E-state index in [1.165, 1.54) is 16.4 Å². The second-order valence-electron chi connectivity index (χ2n) is 7.36. The number of carbonyl (C=O) groups is 1. The highest BCUT2D eigenvalue weighted by molar-refractivity contribution is 7.92. The van der Waals surface area contributed by atoms with Crippen molar-refractivity contribution in [3.63, 3.8) is 0 Å². The molecule has 30 heavy (non-hydrogen) atoms. The number of amides is 1. The summed E-state index contributed by atoms with van der Waals surface area (Å²) in [5.41, 5.74) is 1.98. The maximum absolute atomic E-state index is 13.3. The summed E-state index contributed by atoms with van der Waals surface area (Å²) < 4.78 is 29.7. The zero-order chi connectivity index (χ0) is 21.3. The van der Waals surface area contributed by atoms with Gasteiger partial charge in [0.15, 0.2) is 0 Å². The number of sulfonamides is 1. The molecule has 1 aromatic heterocycles. The number of hydrogen-bond donors (Lipinski definition) is 1. The summed E-state index contributed by atoms with van der Waals surface area (Å²) in [5.74, 6) is 0.204. The van der Waals surface area contributed by atoms with E-state index in [4.69, 9.17) is 0 Å². The second-order valence-corrected chi connectivity index (χ2v) is 9.22. The molecule has 7 nitrogen and oxygen atoms in total. The van der Waals surface area contributed by atoms with Crippen LogP contribution in [0, 0.1) is 0 Å². The first kappa shape index (κ1) is 20.2. The lowest BCUT2D eigenvalue weighted by Gasteiger charge is -2.20. The Morgan fingerprint density at radius 2 is 1.97 bits per heavy atom. The fraction of sp³-hybridized carbons (Fsp3) is 0.273. The van der Waals surface area contributed by atoms with Gasteiger partial charge in [0.1, 0.15) is 5.82 Å². The highest BCUT2D eigenvalue weighted by atomic mass is 32.2. The summed E-state index contributed by atoms with van der Waals surface area (Å²) in [6.45, 7) is 4.46. The number of anilines is 2. The van der Waals surface area contributed by atoms with Gasteiger partial charge in [0, 0.05) is 18.2 Å². The predicted octanol–water partition coefficient (Wildman–Crippen LogP) is 3.86. The van der Waals surface area contributed by atoms with Crippen molar-refractivity contribution in [3.05, 3.63) is 71.9 Å². The Morgan fingerprint density at radius 3 is 2.77 bits per heavy atom. The molecule has 0 bridgehead atoms. The van der Waals surface area contributed by atoms with Crippen LogP contribution in [0.4, 0.5) is 11.5 Å². The van der Waals surface area contributed by atoms with E-state index in [2.05, 4.69) is 10.4 Å². The number of aromatic nitrogens is 2. The Morgan fingerprint density at radius 1 is 1.17 bits per heavy atom. The molecule has 1 aliphatic rings. The molecule has 8 heteroatoms. The summed E-state index contributed by atoms with van der Waals surface area (Å²) in [5, 5.41) is 7.10. The number of carbonyl (C=O) groups excluding carboxylic acids is 1. The van der Waals surface area contributed by atoms with Gasteiger partial charge in [0.05, 0.1) is 22.8 Å². The molecular weight excluding hydrogens is 400 g/mol. The van der Waals surface area contributed by atoms with Gasteiger partial charge in [-0.15, -0.1) is 0 Å². The summed E-state index contributed by atoms with van der Waals surface area (Å²) in [7, 11) is -3.76. The molecule has 1 atom stereocenters. The van der Waals surface area contributed by atoms with E-state index >= 15 is 0 Å². The number of para-hydroxylation sites is 1. The molecule has 4 rings (SSSR count). The molecule has 0 spiro atoms. The minimum Gasteiger partial charge on any atom is -0.307 e. The molecule has 0 aliphatic carbocycles. The van der Waals surface area contributed by atoms with Gasteiger partial charge in [-0.05, 0) is 49.6 Å². The average Bonchev–Trinajstić information content (AvgIpc) is 3.40. The fourth-order valence-corrected chi connectivity index (χ4v) is 5.16. The Hall–Kier alpha value is -3.13. The second kappa shape index (κ2) is 7.95. The van der Waals surface area contributed by atoms with E-state index in [9.17, 15) is 13.2 Å². The third-order valence-corrected chi connectivity index (χ3v) is 7.26. The zero-order valence-corrected chi connectivity index (χ0v) is 17.8. The number of nitrogens with one attached hydrogen (secondary N) is 1. The summed E-state index contributed by atoms with van der Waals surface area (Å²) in [4.78, 5) is 12.9. The Labute approximate surface area is 176 Å². The highest BCUT2D eigenvalue weighted by Crippen LogP contribution is 2.32. The third-order valence-electron chi connectivity index (χ3n) is 5.45. The molecular formula is C22H24N4O3S. The summed E-state index contributed by atoms with van der Waals surface area (Å²) >= 11 is 0. The van der Waals surface area contributed by atoms with Gasteiger partial charge in [-0.1, -0.05) is 31.2 Å². The van der Waals surface area contributed by atoms with Crippen molar-refractivity contribution in [2.24, 2.45) is 0 Å². The van der Waals surface area contributed by atoms with Gasteiger partial charge in [-0.3, -0.25) is 9.10 Å². The average molecular weight is 425 g/mol. The lowest BCUT2D eigenvalue weighted by molar-refractivity contribution is 0.102. The number of fused-ring (bicyclic) bond motifs is 1. The monoisotopic (exact) mass is 424 g/mol. The van der Waals surface area contributed by atoms with Crippen molar-refractivity contribution >= 4 is 27.4 Å². The fourth-order valence-electron chi connectivity index (χ4n) is 3.61. The molecule has 2 heterocycles. The lowest BCUT2D eigenvalue weighted by Crippen LogP contribution is -2.29. The van der Waals surface area contributed by atoms with Crippen molar-refractivity contribution in [2.75, 3.05) is 16.2 Å². The van der Waals surface area contributed by atoms with Gasteiger partial charge in [-0.25, -0.2) is 13.1 Å². The molecule has 0 fully saturated rings. The molecule has 0 saturated carbocycles. The summed E-state index contributed by atoms with van der Waals surface area (Å²) in [6, 6.07) is 15.5. The van der Waals surface area contributed by atoms with Crippen LogP contribution in [-0.2, 0) is 16.4 Å². The Kier molecular flexibility index (Phi) is 5.34. The van der Waals surface area contributed by atoms with Crippen molar-refractivity contribution in [1.29, 1.82) is 0 Å². The van der Waals surface area contributed by atoms with Gasteiger partial charge >= 0.3 is 0 Å². The van der Waals surface area contributed by atoms with E-state index in [1.807, 2.05) is 38.1 Å². The van der Waals surface area contributed by atoms with Crippen LogP contribution in [0.25, 0.3) is 0 Å². The maximum atomic E-state index is 13.3. The maximum Gasteiger partial charge on any atom is 0.264 e. The van der Waals surface area contributed by atoms with Crippen LogP contribution < -0.4 is 9.62 Å². The van der Waals surface area contributed by atoms with Crippen molar-refractivity contribution in [3.8, 4) is 0 Å². The first-order chi connectivity index (χ1) is 14.4. The topological polar surface area (TPSA) is 84.3 Å². The van der Waals surface area contributed by atoms with Gasteiger partial charge < -0.3 is 5.32 Å². The lowest BCUT2D eigenvalue weighted by atomic mass is 10.2. The third kappa shape index (κ3) is 3.59. The molecule has 1 unspecified atom stereocenters. The first-order valence-corrected chi connectivity index (χ1v) is 11.4. The predicted molar refractivity (Wildman–Crippen MR) is 116 cm³/mol. The van der Waals surface area contributed by atoms with Crippen LogP contribution in [0.15, 0.2) is 65.7 Å². The molecule has 2 aromatic carbocycles. The SMILES string of the molecule is CCC(C)n1nccc1NC(=O)c1cccc(S(=O)(=O)N2CCc3ccccc32)c1. The van der Waals surface area contributed by atoms with E-state index in [0.717, 1.165) is 12.0 Å². The molecule has 1 amide bonds. The van der Waals surface area contributed by atoms with Crippen molar-refractivity contribution in [2.45, 2.75) is 37.6 Å². The van der Waals surface area contributed by atoms with Gasteiger partial charge in [0.25, 0.3) is 15.9 Å². The number of hydrogen-bond acceptors (Lipinski definition) is 4. The quantitative estimate of drug-likeness (QED) is 0.651. The molecule has 1 N–H and O–H groups in total. The molecule has 1 aliphatic heterocycles. The van der Waals surface area contributed by atoms with E-state index in [-0.39, 0.29) is 22.4 Å². The number of nitrogens with zero attached hydrogens (tertiary/aromatic N) is 3. The Balaban J connectivity index is 1.60. The van der Waals surface area contributed by atoms with E-state index < -0.39 is 10.0 Å². The minimum absolute atomic E-state index is 0.0993. The van der Waals surface area contributed by atoms with Crippen molar-refractivity contribution in [1.82, 2.24) is 9.78 Å². The zero-order valence-electron chi connectivity index (χ0n) is 16.9. The van der Waals surface area contributed by atoms with Crippen molar-refractivity contribution < 1.29 is 13.2 Å². The van der Waals surface area contributed by atoms with Crippen LogP contribution in [0.3, 0.4) is 0 Å². The number of benzene rings is 2. The van der Waals surface area contributed by atoms with Crippen LogP contribution in [0.2, 0.25) is 0 Å². The van der Waals surface area contributed by atoms with Crippen LogP contribution >= 0.6 is 0 Å². The highest BCUT2D eigenvalue weighted by Gasteiger charge is 2.31. The Bertz CT molecular complexity index is 1190. The van der Waals surface area contributed by atoms with Crippen LogP contribution in [0.5, 0.6) is 0 Å².